The predicted molar refractivity (Wildman–Crippen MR) is 177 cm³/mol. The van der Waals surface area contributed by atoms with Gasteiger partial charge in [0.25, 0.3) is 5.91 Å². The standard InChI is InChI=1S/C35H47ClN2O6S/c1-23-7-5-16-35(43-4,22-42-3)30-12-9-27(30)19-38-20-34(15-6-8-25-17-28(36)11-13-29(25)34)21-44-32-14-10-26(18-31(32)38)33(39)37-45(40,41)24(23)2/h10-11,13-14,17-18,23-24,27,30H,5-9,12,15-16,19-22H2,1-4H3,(H,37,39)/t23-,24+,27-,30+,34-,35-/m0/s1. The molecule has 8 nitrogen and oxygen atoms in total. The molecule has 6 rings (SSSR count). The maximum Gasteiger partial charge on any atom is 0.264 e. The first-order valence-electron chi connectivity index (χ1n) is 16.4. The van der Waals surface area contributed by atoms with Gasteiger partial charge >= 0.3 is 0 Å². The highest BCUT2D eigenvalue weighted by Crippen LogP contribution is 2.50. The fourth-order valence-electron chi connectivity index (χ4n) is 8.48. The van der Waals surface area contributed by atoms with E-state index in [4.69, 9.17) is 25.8 Å². The summed E-state index contributed by atoms with van der Waals surface area (Å²) in [7, 11) is -0.380. The minimum atomic E-state index is -3.90. The lowest BCUT2D eigenvalue weighted by Gasteiger charge is -2.51. The Hall–Kier alpha value is -2.33. The van der Waals surface area contributed by atoms with Crippen molar-refractivity contribution in [2.24, 2.45) is 17.8 Å². The highest BCUT2D eigenvalue weighted by atomic mass is 35.5. The molecular weight excluding hydrogens is 612 g/mol. The van der Waals surface area contributed by atoms with Gasteiger partial charge in [0.05, 0.1) is 29.8 Å². The molecule has 1 spiro atoms. The van der Waals surface area contributed by atoms with Crippen LogP contribution in [0.15, 0.2) is 36.4 Å². The van der Waals surface area contributed by atoms with Crippen molar-refractivity contribution < 1.29 is 27.4 Å². The van der Waals surface area contributed by atoms with Gasteiger partial charge in [0.15, 0.2) is 0 Å². The second-order valence-electron chi connectivity index (χ2n) is 14.0. The normalized spacial score (nSPS) is 33.2. The van der Waals surface area contributed by atoms with Crippen LogP contribution >= 0.6 is 11.6 Å². The number of nitrogens with one attached hydrogen (secondary N) is 1. The summed E-state index contributed by atoms with van der Waals surface area (Å²) in [5.74, 6) is 0.609. The van der Waals surface area contributed by atoms with E-state index in [0.29, 0.717) is 42.8 Å². The van der Waals surface area contributed by atoms with Gasteiger partial charge in [0, 0.05) is 43.3 Å². The zero-order valence-corrected chi connectivity index (χ0v) is 28.5. The second kappa shape index (κ2) is 12.7. The van der Waals surface area contributed by atoms with Crippen molar-refractivity contribution in [2.75, 3.05) is 45.4 Å². The van der Waals surface area contributed by atoms with Crippen LogP contribution in [0.3, 0.4) is 0 Å². The molecule has 2 aromatic rings. The molecule has 0 saturated heterocycles. The summed E-state index contributed by atoms with van der Waals surface area (Å²) in [5, 5.41) is 0.0138. The zero-order chi connectivity index (χ0) is 32.0. The molecule has 0 radical (unpaired) electrons. The van der Waals surface area contributed by atoms with Crippen molar-refractivity contribution in [3.05, 3.63) is 58.1 Å². The van der Waals surface area contributed by atoms with Crippen LogP contribution in [0, 0.1) is 17.8 Å². The lowest BCUT2D eigenvalue weighted by atomic mass is 9.63. The van der Waals surface area contributed by atoms with E-state index in [1.807, 2.05) is 25.1 Å². The first-order chi connectivity index (χ1) is 21.5. The van der Waals surface area contributed by atoms with Crippen LogP contribution in [-0.4, -0.2) is 65.7 Å². The molecule has 2 aliphatic carbocycles. The molecule has 2 heterocycles. The van der Waals surface area contributed by atoms with Crippen molar-refractivity contribution in [3.8, 4) is 5.75 Å². The minimum Gasteiger partial charge on any atom is -0.490 e. The molecule has 1 saturated carbocycles. The van der Waals surface area contributed by atoms with Gasteiger partial charge in [-0.3, -0.25) is 4.79 Å². The van der Waals surface area contributed by atoms with Crippen molar-refractivity contribution in [1.29, 1.82) is 0 Å². The molecule has 1 N–H and O–H groups in total. The third-order valence-electron chi connectivity index (χ3n) is 11.4. The van der Waals surface area contributed by atoms with Gasteiger partial charge in [-0.15, -0.1) is 0 Å². The van der Waals surface area contributed by atoms with Gasteiger partial charge < -0.3 is 19.1 Å². The van der Waals surface area contributed by atoms with Gasteiger partial charge in [-0.2, -0.15) is 0 Å². The summed E-state index contributed by atoms with van der Waals surface area (Å²) in [4.78, 5) is 15.9. The van der Waals surface area contributed by atoms with Crippen LogP contribution in [0.4, 0.5) is 5.69 Å². The number of aryl methyl sites for hydroxylation is 1. The Balaban J connectivity index is 1.44. The van der Waals surface area contributed by atoms with Crippen molar-refractivity contribution in [1.82, 2.24) is 4.72 Å². The molecule has 2 aliphatic heterocycles. The highest BCUT2D eigenvalue weighted by Gasteiger charge is 2.50. The highest BCUT2D eigenvalue weighted by molar-refractivity contribution is 7.90. The topological polar surface area (TPSA) is 94.2 Å². The molecule has 4 aliphatic rings. The van der Waals surface area contributed by atoms with Crippen LogP contribution in [-0.2, 0) is 31.3 Å². The average Bonchev–Trinajstić information content (AvgIpc) is 3.15. The fourth-order valence-corrected chi connectivity index (χ4v) is 9.99. The van der Waals surface area contributed by atoms with E-state index in [1.54, 1.807) is 27.2 Å². The maximum atomic E-state index is 13.5. The van der Waals surface area contributed by atoms with E-state index in [2.05, 4.69) is 21.8 Å². The van der Waals surface area contributed by atoms with Crippen LogP contribution in [0.1, 0.15) is 80.3 Å². The van der Waals surface area contributed by atoms with E-state index >= 15 is 0 Å². The monoisotopic (exact) mass is 658 g/mol. The molecule has 6 atom stereocenters. The summed E-state index contributed by atoms with van der Waals surface area (Å²) in [6.45, 7) is 6.13. The Morgan fingerprint density at radius 1 is 1.07 bits per heavy atom. The molecule has 0 unspecified atom stereocenters. The van der Waals surface area contributed by atoms with Gasteiger partial charge in [-0.25, -0.2) is 13.1 Å². The molecule has 10 heteroatoms. The smallest absolute Gasteiger partial charge is 0.264 e. The van der Waals surface area contributed by atoms with E-state index in [-0.39, 0.29) is 11.3 Å². The number of fused-ring (bicyclic) bond motifs is 4. The third kappa shape index (κ3) is 6.10. The number of rotatable bonds is 3. The number of ether oxygens (including phenoxy) is 3. The van der Waals surface area contributed by atoms with Crippen molar-refractivity contribution in [2.45, 2.75) is 81.5 Å². The summed E-state index contributed by atoms with van der Waals surface area (Å²) >= 11 is 6.44. The number of halogens is 1. The van der Waals surface area contributed by atoms with Gasteiger partial charge in [-0.05, 0) is 111 Å². The van der Waals surface area contributed by atoms with Gasteiger partial charge in [0.2, 0.25) is 10.0 Å². The summed E-state index contributed by atoms with van der Waals surface area (Å²) < 4.78 is 47.9. The number of carbonyl (C=O) groups is 1. The Labute approximate surface area is 273 Å². The SMILES string of the molecule is COC[C@@]1(OC)CCC[C@H](C)[C@@H](C)S(=O)(=O)NC(=O)c2ccc3c(c2)N(C[C@@H]2CC[C@H]21)C[C@@]1(CCCc2cc(Cl)ccc21)CO3. The van der Waals surface area contributed by atoms with Gasteiger partial charge in [0.1, 0.15) is 5.75 Å². The first kappa shape index (κ1) is 32.6. The van der Waals surface area contributed by atoms with Crippen molar-refractivity contribution >= 4 is 33.2 Å². The summed E-state index contributed by atoms with van der Waals surface area (Å²) in [5.41, 5.74) is 2.98. The molecular formula is C35H47ClN2O6S. The predicted octanol–water partition coefficient (Wildman–Crippen LogP) is 6.14. The number of benzene rings is 2. The van der Waals surface area contributed by atoms with Crippen LogP contribution in [0.5, 0.6) is 5.75 Å². The Morgan fingerprint density at radius 2 is 1.89 bits per heavy atom. The average molecular weight is 659 g/mol. The summed E-state index contributed by atoms with van der Waals surface area (Å²) in [6, 6.07) is 11.5. The number of nitrogens with zero attached hydrogens (tertiary/aromatic N) is 1. The number of amides is 1. The number of hydrogen-bond acceptors (Lipinski definition) is 7. The Kier molecular flexibility index (Phi) is 9.20. The largest absolute Gasteiger partial charge is 0.490 e. The number of carbonyl (C=O) groups excluding carboxylic acids is 1. The number of sulfonamides is 1. The molecule has 0 aromatic heterocycles. The number of hydrogen-bond donors (Lipinski definition) is 1. The Bertz CT molecular complexity index is 1530. The Morgan fingerprint density at radius 3 is 2.62 bits per heavy atom. The number of anilines is 1. The maximum absolute atomic E-state index is 13.5. The van der Waals surface area contributed by atoms with Crippen molar-refractivity contribution in [3.63, 3.8) is 0 Å². The first-order valence-corrected chi connectivity index (χ1v) is 18.3. The molecule has 2 bridgehead atoms. The minimum absolute atomic E-state index is 0.141. The van der Waals surface area contributed by atoms with E-state index < -0.39 is 26.8 Å². The van der Waals surface area contributed by atoms with E-state index in [1.165, 1.54) is 11.1 Å². The fraction of sp³-hybridized carbons (Fsp3) is 0.629. The summed E-state index contributed by atoms with van der Waals surface area (Å²) in [6.07, 6.45) is 7.42. The van der Waals surface area contributed by atoms with E-state index in [9.17, 15) is 13.2 Å². The lowest BCUT2D eigenvalue weighted by Crippen LogP contribution is -2.55. The molecule has 1 fully saturated rings. The lowest BCUT2D eigenvalue weighted by molar-refractivity contribution is -0.147. The van der Waals surface area contributed by atoms with Crippen LogP contribution in [0.2, 0.25) is 5.02 Å². The molecule has 45 heavy (non-hydrogen) atoms. The quantitative estimate of drug-likeness (QED) is 0.424. The van der Waals surface area contributed by atoms with E-state index in [0.717, 1.165) is 68.7 Å². The van der Waals surface area contributed by atoms with Crippen LogP contribution < -0.4 is 14.4 Å². The zero-order valence-electron chi connectivity index (χ0n) is 26.9. The second-order valence-corrected chi connectivity index (χ2v) is 16.5. The molecule has 246 valence electrons. The van der Waals surface area contributed by atoms with Gasteiger partial charge in [-0.1, -0.05) is 31.0 Å². The third-order valence-corrected chi connectivity index (χ3v) is 13.6. The molecule has 1 amide bonds. The number of methoxy groups -OCH3 is 2. The van der Waals surface area contributed by atoms with Crippen LogP contribution in [0.25, 0.3) is 0 Å². The molecule has 2 aromatic carbocycles.